The number of nitrogens with one attached hydrogen (secondary N) is 4. The Labute approximate surface area is 334 Å². The van der Waals surface area contributed by atoms with Crippen LogP contribution in [0.25, 0.3) is 0 Å². The van der Waals surface area contributed by atoms with E-state index in [1.807, 2.05) is 12.4 Å². The molecule has 17 nitrogen and oxygen atoms in total. The monoisotopic (exact) mass is 803 g/mol. The number of nitrogens with two attached hydrogens (primary N) is 1. The van der Waals surface area contributed by atoms with E-state index < -0.39 is 78.1 Å². The summed E-state index contributed by atoms with van der Waals surface area (Å²) in [5, 5.41) is 19.8. The number of hydroxylamine groups is 1. The molecule has 6 atom stereocenters. The highest BCUT2D eigenvalue weighted by molar-refractivity contribution is 6.23. The summed E-state index contributed by atoms with van der Waals surface area (Å²) in [4.78, 5) is 81.0. The summed E-state index contributed by atoms with van der Waals surface area (Å²) in [6.07, 6.45) is 4.47. The standard InChI is InChI=1S/C40H61N5O12/c1-23-18-27-33(43-17-12-10-11-16-42-32(47)22-55-45-39(52)57-40(5,6)7)29(46)21-28(35(27)49)44-37(50)24(2)14-13-15-30(53-8)36(56-38(41)51)26(4)20-25(3)34(48)31(19-23)54-9/h13-15,20-21,23,25,30-31,34,36,43,48H,10-12,16-19,22H2,1-9H3,(H2,41,51)(H,42,47)(H,44,50)(H,45,52)/b15-13-,24-14+,26-20+/t23-,25+,30+,31+,34-,36+/m1/s1. The predicted octanol–water partition coefficient (Wildman–Crippen LogP) is 3.09. The molecule has 318 valence electrons. The highest BCUT2D eigenvalue weighted by atomic mass is 16.7. The molecule has 2 rings (SSSR count). The van der Waals surface area contributed by atoms with Crippen molar-refractivity contribution in [2.24, 2.45) is 17.6 Å². The van der Waals surface area contributed by atoms with Crippen molar-refractivity contribution in [1.82, 2.24) is 21.4 Å². The maximum atomic E-state index is 13.9. The van der Waals surface area contributed by atoms with E-state index in [0.717, 1.165) is 6.08 Å². The van der Waals surface area contributed by atoms with Crippen molar-refractivity contribution >= 4 is 35.6 Å². The van der Waals surface area contributed by atoms with Crippen molar-refractivity contribution in [3.05, 3.63) is 58.5 Å². The van der Waals surface area contributed by atoms with Gasteiger partial charge in [-0.05, 0) is 78.2 Å². The average molecular weight is 804 g/mol. The molecule has 1 heterocycles. The van der Waals surface area contributed by atoms with Gasteiger partial charge in [-0.3, -0.25) is 24.0 Å². The number of primary amides is 1. The quantitative estimate of drug-likeness (QED) is 0.0680. The molecule has 2 aliphatic rings. The van der Waals surface area contributed by atoms with E-state index in [0.29, 0.717) is 44.3 Å². The lowest BCUT2D eigenvalue weighted by atomic mass is 9.85. The van der Waals surface area contributed by atoms with Crippen LogP contribution in [0.15, 0.2) is 58.5 Å². The second-order valence-electron chi connectivity index (χ2n) is 15.2. The number of hydrogen-bond donors (Lipinski definition) is 6. The molecule has 0 aromatic rings. The first kappa shape index (κ1) is 48.3. The zero-order chi connectivity index (χ0) is 42.9. The molecule has 0 spiro atoms. The van der Waals surface area contributed by atoms with Crippen LogP contribution in [0.2, 0.25) is 0 Å². The van der Waals surface area contributed by atoms with E-state index in [2.05, 4.69) is 16.0 Å². The van der Waals surface area contributed by atoms with Crippen LogP contribution in [0.5, 0.6) is 0 Å². The minimum atomic E-state index is -1.02. The summed E-state index contributed by atoms with van der Waals surface area (Å²) >= 11 is 0. The Balaban J connectivity index is 2.23. The number of ether oxygens (including phenoxy) is 4. The van der Waals surface area contributed by atoms with Crippen molar-refractivity contribution in [2.75, 3.05) is 33.9 Å². The van der Waals surface area contributed by atoms with Gasteiger partial charge in [0.1, 0.15) is 11.7 Å². The maximum absolute atomic E-state index is 13.9. The average Bonchev–Trinajstić information content (AvgIpc) is 3.12. The number of aliphatic hydroxyl groups is 1. The van der Waals surface area contributed by atoms with E-state index in [9.17, 15) is 33.9 Å². The normalized spacial score (nSPS) is 26.5. The first-order valence-corrected chi connectivity index (χ1v) is 19.0. The molecule has 0 radical (unpaired) electrons. The molecule has 0 unspecified atom stereocenters. The zero-order valence-corrected chi connectivity index (χ0v) is 34.5. The number of ketones is 2. The SMILES string of the molecule is CO[C@H]1/C=C\C=C(/C)C(=O)NC2=CC(=O)C(NCCCCCNC(=O)CONC(=O)OC(C)(C)C)=C(C[C@@H](C)C[C@H](OC)[C@H](O)[C@@H](C)/C=C(\C)[C@@H]1OC(N)=O)C2=O. The molecular weight excluding hydrogens is 742 g/mol. The summed E-state index contributed by atoms with van der Waals surface area (Å²) in [5.41, 5.74) is 7.64. The first-order chi connectivity index (χ1) is 26.8. The van der Waals surface area contributed by atoms with Crippen molar-refractivity contribution in [3.8, 4) is 0 Å². The Morgan fingerprint density at radius 2 is 1.70 bits per heavy atom. The molecule has 7 N–H and O–H groups in total. The fourth-order valence-corrected chi connectivity index (χ4v) is 6.16. The number of aliphatic hydroxyl groups excluding tert-OH is 1. The molecule has 2 bridgehead atoms. The van der Waals surface area contributed by atoms with E-state index in [1.165, 1.54) is 33.3 Å². The third-order valence-corrected chi connectivity index (χ3v) is 9.03. The maximum Gasteiger partial charge on any atom is 0.431 e. The number of allylic oxidation sites excluding steroid dienone is 4. The van der Waals surface area contributed by atoms with Gasteiger partial charge in [0.05, 0.1) is 23.6 Å². The molecule has 17 heteroatoms. The summed E-state index contributed by atoms with van der Waals surface area (Å²) in [5.74, 6) is -2.80. The van der Waals surface area contributed by atoms with E-state index in [-0.39, 0.29) is 34.9 Å². The van der Waals surface area contributed by atoms with Gasteiger partial charge in [0, 0.05) is 50.4 Å². The molecule has 1 aliphatic carbocycles. The van der Waals surface area contributed by atoms with Crippen LogP contribution in [-0.2, 0) is 43.0 Å². The molecule has 0 saturated heterocycles. The van der Waals surface area contributed by atoms with Gasteiger partial charge < -0.3 is 45.7 Å². The van der Waals surface area contributed by atoms with Gasteiger partial charge in [-0.15, -0.1) is 0 Å². The first-order valence-electron chi connectivity index (χ1n) is 19.0. The fourth-order valence-electron chi connectivity index (χ4n) is 6.16. The predicted molar refractivity (Wildman–Crippen MR) is 210 cm³/mol. The van der Waals surface area contributed by atoms with E-state index >= 15 is 0 Å². The lowest BCUT2D eigenvalue weighted by molar-refractivity contribution is -0.128. The van der Waals surface area contributed by atoms with Gasteiger partial charge in [-0.25, -0.2) is 9.59 Å². The largest absolute Gasteiger partial charge is 0.442 e. The van der Waals surface area contributed by atoms with Crippen molar-refractivity contribution < 1.29 is 57.7 Å². The number of unbranched alkanes of at least 4 members (excludes halogenated alkanes) is 2. The second kappa shape index (κ2) is 23.4. The second-order valence-corrected chi connectivity index (χ2v) is 15.2. The Kier molecular flexibility index (Phi) is 19.8. The third-order valence-electron chi connectivity index (χ3n) is 9.03. The van der Waals surface area contributed by atoms with Crippen LogP contribution in [0.3, 0.4) is 0 Å². The van der Waals surface area contributed by atoms with Gasteiger partial charge in [-0.1, -0.05) is 38.2 Å². The molecule has 0 aromatic carbocycles. The number of fused-ring (bicyclic) bond motifs is 2. The number of rotatable bonds is 13. The van der Waals surface area contributed by atoms with Gasteiger partial charge in [0.25, 0.3) is 5.91 Å². The summed E-state index contributed by atoms with van der Waals surface area (Å²) in [6.45, 7) is 12.3. The summed E-state index contributed by atoms with van der Waals surface area (Å²) in [7, 11) is 2.89. The minimum Gasteiger partial charge on any atom is -0.442 e. The molecular formula is C40H61N5O12. The Hall–Kier alpha value is -4.84. The minimum absolute atomic E-state index is 0.126. The highest BCUT2D eigenvalue weighted by Crippen LogP contribution is 2.29. The molecule has 0 fully saturated rings. The number of carbonyl (C=O) groups is 6. The van der Waals surface area contributed by atoms with Crippen LogP contribution in [0.4, 0.5) is 9.59 Å². The Bertz CT molecular complexity index is 1610. The fraction of sp³-hybridized carbons (Fsp3) is 0.600. The third kappa shape index (κ3) is 16.7. The summed E-state index contributed by atoms with van der Waals surface area (Å²) < 4.78 is 21.7. The molecule has 0 saturated carbocycles. The molecule has 4 amide bonds. The molecule has 0 aromatic heterocycles. The molecule has 1 aliphatic heterocycles. The Morgan fingerprint density at radius 1 is 1.02 bits per heavy atom. The van der Waals surface area contributed by atoms with Crippen LogP contribution >= 0.6 is 0 Å². The number of hydrogen-bond acceptors (Lipinski definition) is 13. The van der Waals surface area contributed by atoms with Gasteiger partial charge in [-0.2, -0.15) is 5.48 Å². The van der Waals surface area contributed by atoms with E-state index in [4.69, 9.17) is 29.5 Å². The number of methoxy groups -OCH3 is 2. The number of carbonyl (C=O) groups excluding carboxylic acids is 6. The summed E-state index contributed by atoms with van der Waals surface area (Å²) in [6, 6.07) is 0. The lowest BCUT2D eigenvalue weighted by Gasteiger charge is -2.30. The van der Waals surface area contributed by atoms with Crippen LogP contribution in [0, 0.1) is 11.8 Å². The zero-order valence-electron chi connectivity index (χ0n) is 34.5. The molecule has 57 heavy (non-hydrogen) atoms. The van der Waals surface area contributed by atoms with Crippen molar-refractivity contribution in [1.29, 1.82) is 0 Å². The smallest absolute Gasteiger partial charge is 0.431 e. The highest BCUT2D eigenvalue weighted by Gasteiger charge is 2.33. The van der Waals surface area contributed by atoms with Crippen LogP contribution < -0.4 is 27.2 Å². The lowest BCUT2D eigenvalue weighted by Crippen LogP contribution is -2.38. The van der Waals surface area contributed by atoms with Crippen molar-refractivity contribution in [3.63, 3.8) is 0 Å². The van der Waals surface area contributed by atoms with Crippen LogP contribution in [0.1, 0.15) is 80.6 Å². The van der Waals surface area contributed by atoms with Gasteiger partial charge >= 0.3 is 12.2 Å². The topological polar surface area (TPSA) is 243 Å². The van der Waals surface area contributed by atoms with Crippen molar-refractivity contribution in [2.45, 2.75) is 111 Å². The Morgan fingerprint density at radius 3 is 2.33 bits per heavy atom. The van der Waals surface area contributed by atoms with Gasteiger partial charge in [0.2, 0.25) is 17.5 Å². The van der Waals surface area contributed by atoms with Gasteiger partial charge in [0.15, 0.2) is 12.7 Å². The van der Waals surface area contributed by atoms with Crippen LogP contribution in [-0.4, -0.2) is 105 Å². The number of Topliss-reactive ketones (excluding diaryl/α,β-unsaturated/α-hetero) is 1. The van der Waals surface area contributed by atoms with E-state index in [1.54, 1.807) is 46.8 Å². The number of amides is 4.